The fourth-order valence-corrected chi connectivity index (χ4v) is 6.66. The minimum absolute atomic E-state index is 0.0986. The minimum atomic E-state index is -2.92. The Morgan fingerprint density at radius 3 is 2.45 bits per heavy atom. The van der Waals surface area contributed by atoms with Gasteiger partial charge in [0.25, 0.3) is 5.92 Å². The summed E-state index contributed by atoms with van der Waals surface area (Å²) >= 11 is 0. The van der Waals surface area contributed by atoms with Crippen LogP contribution in [0.4, 0.5) is 19.5 Å². The standard InChI is InChI=1S/C27H38F2N6O3/c1-15-6-8-35(15)24-31-21(16-5-7-27(28,29)23(16)32-24)22-20-17(18(20)14-30-22)13-19(36)33-9-11-34(12-10-33)25(37)38-26(2,3)4/h15,17-18,20,22,30H,5-14H2,1-4H3/t15?,17-,18+,20-,22?/m1/s1. The van der Waals surface area contributed by atoms with Gasteiger partial charge >= 0.3 is 6.09 Å². The lowest BCUT2D eigenvalue weighted by atomic mass is 10.00. The molecular formula is C27H38F2N6O3. The lowest BCUT2D eigenvalue weighted by Crippen LogP contribution is -2.51. The van der Waals surface area contributed by atoms with Crippen LogP contribution in [0.3, 0.4) is 0 Å². The number of hydrogen-bond donors (Lipinski definition) is 1. The summed E-state index contributed by atoms with van der Waals surface area (Å²) in [4.78, 5) is 40.2. The quantitative estimate of drug-likeness (QED) is 0.637. The first-order valence-corrected chi connectivity index (χ1v) is 14.0. The third kappa shape index (κ3) is 4.50. The van der Waals surface area contributed by atoms with E-state index >= 15 is 0 Å². The number of rotatable bonds is 4. The van der Waals surface area contributed by atoms with Crippen molar-refractivity contribution in [1.82, 2.24) is 25.1 Å². The van der Waals surface area contributed by atoms with Gasteiger partial charge in [-0.1, -0.05) is 0 Å². The van der Waals surface area contributed by atoms with Crippen LogP contribution in [0.25, 0.3) is 0 Å². The Kier molecular flexibility index (Phi) is 6.08. The first-order valence-electron chi connectivity index (χ1n) is 14.0. The molecule has 11 heteroatoms. The predicted octanol–water partition coefficient (Wildman–Crippen LogP) is 3.09. The van der Waals surface area contributed by atoms with Crippen molar-refractivity contribution in [3.63, 3.8) is 0 Å². The highest BCUT2D eigenvalue weighted by Crippen LogP contribution is 2.60. The molecule has 1 aromatic rings. The van der Waals surface area contributed by atoms with E-state index in [0.29, 0.717) is 50.0 Å². The van der Waals surface area contributed by atoms with E-state index in [0.717, 1.165) is 25.2 Å². The van der Waals surface area contributed by atoms with Gasteiger partial charge in [-0.25, -0.2) is 14.8 Å². The van der Waals surface area contributed by atoms with E-state index in [1.807, 2.05) is 30.6 Å². The molecule has 0 spiro atoms. The molecule has 38 heavy (non-hydrogen) atoms. The largest absolute Gasteiger partial charge is 0.444 e. The highest BCUT2D eigenvalue weighted by Gasteiger charge is 2.60. The molecule has 0 bridgehead atoms. The van der Waals surface area contributed by atoms with Crippen molar-refractivity contribution in [1.29, 1.82) is 0 Å². The number of amides is 2. The fraction of sp³-hybridized carbons (Fsp3) is 0.778. The summed E-state index contributed by atoms with van der Waals surface area (Å²) in [6.07, 6.45) is 1.18. The molecule has 3 aliphatic heterocycles. The number of aromatic nitrogens is 2. The third-order valence-electron chi connectivity index (χ3n) is 8.98. The van der Waals surface area contributed by atoms with E-state index in [2.05, 4.69) is 17.2 Å². The second kappa shape index (κ2) is 8.99. The zero-order valence-corrected chi connectivity index (χ0v) is 22.7. The molecule has 5 atom stereocenters. The molecule has 0 radical (unpaired) electrons. The number of nitrogens with one attached hydrogen (secondary N) is 1. The normalized spacial score (nSPS) is 31.5. The Bertz CT molecular complexity index is 1130. The van der Waals surface area contributed by atoms with Crippen LogP contribution in [-0.4, -0.2) is 82.7 Å². The molecule has 1 N–H and O–H groups in total. The molecule has 2 amide bonds. The summed E-state index contributed by atoms with van der Waals surface area (Å²) in [5, 5.41) is 3.53. The number of halogens is 2. The van der Waals surface area contributed by atoms with Crippen molar-refractivity contribution >= 4 is 17.9 Å². The predicted molar refractivity (Wildman–Crippen MR) is 136 cm³/mol. The summed E-state index contributed by atoms with van der Waals surface area (Å²) in [7, 11) is 0. The molecule has 208 valence electrons. The first-order chi connectivity index (χ1) is 17.9. The Balaban J connectivity index is 1.11. The number of nitrogens with zero attached hydrogens (tertiary/aromatic N) is 5. The van der Waals surface area contributed by atoms with Crippen molar-refractivity contribution in [2.45, 2.75) is 77.0 Å². The molecule has 4 heterocycles. The number of piperazine rings is 1. The number of fused-ring (bicyclic) bond motifs is 2. The van der Waals surface area contributed by atoms with E-state index in [-0.39, 0.29) is 54.5 Å². The topological polar surface area (TPSA) is 90.9 Å². The van der Waals surface area contributed by atoms with Crippen LogP contribution >= 0.6 is 0 Å². The van der Waals surface area contributed by atoms with Gasteiger partial charge < -0.3 is 24.8 Å². The zero-order valence-electron chi connectivity index (χ0n) is 22.7. The Morgan fingerprint density at radius 2 is 1.82 bits per heavy atom. The van der Waals surface area contributed by atoms with Gasteiger partial charge in [0.05, 0.1) is 11.7 Å². The summed E-state index contributed by atoms with van der Waals surface area (Å²) in [6.45, 7) is 11.0. The molecule has 4 fully saturated rings. The van der Waals surface area contributed by atoms with Crippen molar-refractivity contribution in [3.05, 3.63) is 17.0 Å². The molecule has 1 saturated carbocycles. The Morgan fingerprint density at radius 1 is 1.11 bits per heavy atom. The molecule has 6 rings (SSSR count). The Labute approximate surface area is 222 Å². The SMILES string of the molecule is CC1CCN1c1nc(C2NC[C@H]3[C@@H](CC(=O)N4CCN(C(=O)OC(C)(C)C)CC4)[C@@H]23)c2c(n1)C(F)(F)CC2. The number of carbonyl (C=O) groups is 2. The van der Waals surface area contributed by atoms with E-state index in [4.69, 9.17) is 9.72 Å². The van der Waals surface area contributed by atoms with Crippen LogP contribution in [0.2, 0.25) is 0 Å². The maximum atomic E-state index is 14.8. The van der Waals surface area contributed by atoms with E-state index in [1.54, 1.807) is 4.90 Å². The van der Waals surface area contributed by atoms with Crippen LogP contribution < -0.4 is 10.2 Å². The zero-order chi connectivity index (χ0) is 27.0. The molecule has 9 nitrogen and oxygen atoms in total. The van der Waals surface area contributed by atoms with Gasteiger partial charge in [-0.3, -0.25) is 4.79 Å². The minimum Gasteiger partial charge on any atom is -0.444 e. The number of alkyl halides is 2. The molecule has 1 aromatic heterocycles. The second-order valence-electron chi connectivity index (χ2n) is 12.6. The molecule has 2 aliphatic carbocycles. The van der Waals surface area contributed by atoms with Gasteiger partial charge in [0.15, 0.2) is 0 Å². The number of carbonyl (C=O) groups excluding carboxylic acids is 2. The lowest BCUT2D eigenvalue weighted by Gasteiger charge is -2.39. The monoisotopic (exact) mass is 532 g/mol. The van der Waals surface area contributed by atoms with Crippen molar-refractivity contribution in [3.8, 4) is 0 Å². The molecule has 3 saturated heterocycles. The van der Waals surface area contributed by atoms with E-state index in [1.165, 1.54) is 0 Å². The highest BCUT2D eigenvalue weighted by molar-refractivity contribution is 5.77. The van der Waals surface area contributed by atoms with Crippen molar-refractivity contribution in [2.24, 2.45) is 17.8 Å². The Hall–Kier alpha value is -2.56. The highest BCUT2D eigenvalue weighted by atomic mass is 19.3. The van der Waals surface area contributed by atoms with E-state index < -0.39 is 11.5 Å². The van der Waals surface area contributed by atoms with E-state index in [9.17, 15) is 18.4 Å². The third-order valence-corrected chi connectivity index (χ3v) is 8.98. The van der Waals surface area contributed by atoms with Crippen LogP contribution in [0.15, 0.2) is 0 Å². The second-order valence-corrected chi connectivity index (χ2v) is 12.6. The summed E-state index contributed by atoms with van der Waals surface area (Å²) in [6, 6.07) is 0.130. The molecule has 2 unspecified atom stereocenters. The van der Waals surface area contributed by atoms with Gasteiger partial charge in [-0.15, -0.1) is 0 Å². The molecule has 0 aromatic carbocycles. The van der Waals surface area contributed by atoms with Crippen LogP contribution in [0.5, 0.6) is 0 Å². The average Bonchev–Trinajstić information content (AvgIpc) is 3.17. The summed E-state index contributed by atoms with van der Waals surface area (Å²) in [5.74, 6) is -1.62. The number of anilines is 1. The van der Waals surface area contributed by atoms with Gasteiger partial charge in [0.2, 0.25) is 11.9 Å². The first kappa shape index (κ1) is 25.7. The summed E-state index contributed by atoms with van der Waals surface area (Å²) < 4.78 is 35.0. The number of hydrogen-bond acceptors (Lipinski definition) is 7. The number of ether oxygens (including phenoxy) is 1. The van der Waals surface area contributed by atoms with Crippen LogP contribution in [-0.2, 0) is 21.9 Å². The molecular weight excluding hydrogens is 494 g/mol. The maximum absolute atomic E-state index is 14.8. The van der Waals surface area contributed by atoms with Gasteiger partial charge in [-0.05, 0) is 64.8 Å². The maximum Gasteiger partial charge on any atom is 0.410 e. The van der Waals surface area contributed by atoms with Crippen LogP contribution in [0.1, 0.15) is 70.0 Å². The average molecular weight is 533 g/mol. The summed E-state index contributed by atoms with van der Waals surface area (Å²) in [5.41, 5.74) is 0.666. The van der Waals surface area contributed by atoms with Crippen molar-refractivity contribution < 1.29 is 23.1 Å². The van der Waals surface area contributed by atoms with Gasteiger partial charge in [0.1, 0.15) is 11.3 Å². The lowest BCUT2D eigenvalue weighted by molar-refractivity contribution is -0.133. The van der Waals surface area contributed by atoms with Crippen molar-refractivity contribution in [2.75, 3.05) is 44.2 Å². The smallest absolute Gasteiger partial charge is 0.410 e. The van der Waals surface area contributed by atoms with Crippen LogP contribution in [0, 0.1) is 17.8 Å². The van der Waals surface area contributed by atoms with Gasteiger partial charge in [0, 0.05) is 57.2 Å². The number of piperidine rings is 1. The molecule has 5 aliphatic rings. The van der Waals surface area contributed by atoms with Gasteiger partial charge in [-0.2, -0.15) is 8.78 Å². The fourth-order valence-electron chi connectivity index (χ4n) is 6.66.